The van der Waals surface area contributed by atoms with Gasteiger partial charge < -0.3 is 5.32 Å². The molecule has 0 bridgehead atoms. The summed E-state index contributed by atoms with van der Waals surface area (Å²) in [5.41, 5.74) is 1.11. The van der Waals surface area contributed by atoms with Gasteiger partial charge in [0.25, 0.3) is 5.91 Å². The lowest BCUT2D eigenvalue weighted by Gasteiger charge is -2.14. The monoisotopic (exact) mass is 420 g/mol. The van der Waals surface area contributed by atoms with E-state index in [-0.39, 0.29) is 49.3 Å². The van der Waals surface area contributed by atoms with E-state index in [2.05, 4.69) is 15.4 Å². The Balaban J connectivity index is 1.38. The van der Waals surface area contributed by atoms with Crippen molar-refractivity contribution < 1.29 is 14.4 Å². The van der Waals surface area contributed by atoms with E-state index in [0.29, 0.717) is 22.8 Å². The molecular weight excluding hydrogens is 400 g/mol. The van der Waals surface area contributed by atoms with Crippen molar-refractivity contribution in [1.82, 2.24) is 24.6 Å². The zero-order chi connectivity index (χ0) is 22.0. The van der Waals surface area contributed by atoms with Gasteiger partial charge in [-0.1, -0.05) is 6.07 Å². The Hall–Kier alpha value is -4.08. The molecule has 0 unspecified atom stereocenters. The highest BCUT2D eigenvalue weighted by molar-refractivity contribution is 6.19. The summed E-state index contributed by atoms with van der Waals surface area (Å²) in [6.07, 6.45) is 2.03. The van der Waals surface area contributed by atoms with Crippen LogP contribution in [0.4, 0.5) is 5.69 Å². The van der Waals surface area contributed by atoms with Crippen LogP contribution in [-0.2, 0) is 23.2 Å². The third kappa shape index (κ3) is 4.00. The number of pyridine rings is 1. The Labute approximate surface area is 177 Å². The fourth-order valence-electron chi connectivity index (χ4n) is 3.36. The maximum atomic E-state index is 12.4. The minimum Gasteiger partial charge on any atom is -0.350 e. The van der Waals surface area contributed by atoms with Crippen LogP contribution in [0.2, 0.25) is 0 Å². The molecule has 1 aliphatic heterocycles. The summed E-state index contributed by atoms with van der Waals surface area (Å²) in [5.74, 6) is -0.376. The van der Waals surface area contributed by atoms with Crippen LogP contribution in [0.1, 0.15) is 23.2 Å². The summed E-state index contributed by atoms with van der Waals surface area (Å²) >= 11 is 0. The summed E-state index contributed by atoms with van der Waals surface area (Å²) in [6, 6.07) is 11.6. The number of rotatable bonds is 6. The number of nitrogens with zero attached hydrogens (tertiary/aromatic N) is 5. The topological polar surface area (TPSA) is 119 Å². The third-order valence-electron chi connectivity index (χ3n) is 4.98. The van der Waals surface area contributed by atoms with Crippen LogP contribution in [-0.4, -0.2) is 43.6 Å². The highest BCUT2D eigenvalue weighted by atomic mass is 16.2. The SMILES string of the molecule is Cn1c(-c2ccccn2)nn(CCNC(=O)c2ccc(N3C(=O)CCC3=O)cc2)c1=O. The molecular formula is C21H20N6O4. The number of carbonyl (C=O) groups excluding carboxylic acids is 3. The van der Waals surface area contributed by atoms with E-state index in [9.17, 15) is 19.2 Å². The first-order chi connectivity index (χ1) is 15.0. The maximum Gasteiger partial charge on any atom is 0.346 e. The first-order valence-electron chi connectivity index (χ1n) is 9.75. The van der Waals surface area contributed by atoms with Gasteiger partial charge in [0, 0.05) is 38.2 Å². The molecule has 10 heteroatoms. The van der Waals surface area contributed by atoms with Crippen LogP contribution in [0, 0.1) is 0 Å². The molecule has 1 aromatic carbocycles. The van der Waals surface area contributed by atoms with E-state index in [0.717, 1.165) is 4.90 Å². The van der Waals surface area contributed by atoms with Crippen molar-refractivity contribution in [2.24, 2.45) is 7.05 Å². The second-order valence-corrected chi connectivity index (χ2v) is 7.03. The van der Waals surface area contributed by atoms with Crippen LogP contribution in [0.3, 0.4) is 0 Å². The molecule has 0 spiro atoms. The van der Waals surface area contributed by atoms with Crippen LogP contribution < -0.4 is 15.9 Å². The van der Waals surface area contributed by atoms with Gasteiger partial charge in [0.05, 0.1) is 12.2 Å². The lowest BCUT2D eigenvalue weighted by Crippen LogP contribution is -2.32. The first-order valence-corrected chi connectivity index (χ1v) is 9.75. The Bertz CT molecular complexity index is 1180. The number of nitrogens with one attached hydrogen (secondary N) is 1. The number of carbonyl (C=O) groups is 3. The molecule has 0 atom stereocenters. The lowest BCUT2D eigenvalue weighted by atomic mass is 10.2. The molecule has 0 aliphatic carbocycles. The summed E-state index contributed by atoms with van der Waals surface area (Å²) in [6.45, 7) is 0.391. The molecule has 3 aromatic rings. The van der Waals surface area contributed by atoms with Gasteiger partial charge in [0.2, 0.25) is 11.8 Å². The van der Waals surface area contributed by atoms with Crippen molar-refractivity contribution in [3.8, 4) is 11.5 Å². The molecule has 0 saturated carbocycles. The van der Waals surface area contributed by atoms with Crippen LogP contribution in [0.25, 0.3) is 11.5 Å². The van der Waals surface area contributed by atoms with E-state index in [1.807, 2.05) is 6.07 Å². The molecule has 3 amide bonds. The zero-order valence-electron chi connectivity index (χ0n) is 16.8. The molecule has 10 nitrogen and oxygen atoms in total. The van der Waals surface area contributed by atoms with Crippen molar-refractivity contribution in [3.63, 3.8) is 0 Å². The summed E-state index contributed by atoms with van der Waals surface area (Å²) in [5, 5.41) is 7.04. The molecule has 2 aromatic heterocycles. The number of hydrogen-bond donors (Lipinski definition) is 1. The average Bonchev–Trinajstić information content (AvgIpc) is 3.27. The van der Waals surface area contributed by atoms with Crippen LogP contribution >= 0.6 is 0 Å². The lowest BCUT2D eigenvalue weighted by molar-refractivity contribution is -0.121. The van der Waals surface area contributed by atoms with Crippen molar-refractivity contribution in [1.29, 1.82) is 0 Å². The highest BCUT2D eigenvalue weighted by Crippen LogP contribution is 2.22. The standard InChI is InChI=1S/C21H20N6O4/c1-25-19(16-4-2-3-11-22-16)24-26(21(25)31)13-12-23-20(30)14-5-7-15(8-6-14)27-17(28)9-10-18(27)29/h2-8,11H,9-10,12-13H2,1H3,(H,23,30). The van der Waals surface area contributed by atoms with Gasteiger partial charge in [-0.25, -0.2) is 9.48 Å². The van der Waals surface area contributed by atoms with Crippen LogP contribution in [0.15, 0.2) is 53.5 Å². The smallest absolute Gasteiger partial charge is 0.346 e. The molecule has 1 aliphatic rings. The predicted molar refractivity (Wildman–Crippen MR) is 111 cm³/mol. The van der Waals surface area contributed by atoms with Gasteiger partial charge in [-0.2, -0.15) is 0 Å². The van der Waals surface area contributed by atoms with Crippen molar-refractivity contribution in [2.45, 2.75) is 19.4 Å². The van der Waals surface area contributed by atoms with Crippen molar-refractivity contribution in [3.05, 3.63) is 64.7 Å². The molecule has 158 valence electrons. The van der Waals surface area contributed by atoms with Gasteiger partial charge in [-0.05, 0) is 36.4 Å². The highest BCUT2D eigenvalue weighted by Gasteiger charge is 2.30. The van der Waals surface area contributed by atoms with E-state index in [4.69, 9.17) is 0 Å². The largest absolute Gasteiger partial charge is 0.350 e. The molecule has 31 heavy (non-hydrogen) atoms. The van der Waals surface area contributed by atoms with Gasteiger partial charge in [-0.15, -0.1) is 5.10 Å². The summed E-state index contributed by atoms with van der Waals surface area (Å²) in [4.78, 5) is 53.7. The van der Waals surface area contributed by atoms with E-state index in [1.54, 1.807) is 49.6 Å². The maximum absolute atomic E-state index is 12.4. The second kappa shape index (κ2) is 8.34. The van der Waals surface area contributed by atoms with Crippen molar-refractivity contribution in [2.75, 3.05) is 11.4 Å². The number of imide groups is 1. The Morgan fingerprint density at radius 2 is 1.74 bits per heavy atom. The number of anilines is 1. The molecule has 1 fully saturated rings. The molecule has 0 radical (unpaired) electrons. The van der Waals surface area contributed by atoms with E-state index in [1.165, 1.54) is 9.25 Å². The number of hydrogen-bond acceptors (Lipinski definition) is 6. The average molecular weight is 420 g/mol. The molecule has 3 heterocycles. The predicted octanol–water partition coefficient (Wildman–Crippen LogP) is 0.727. The minimum atomic E-state index is -0.334. The number of amides is 3. The second-order valence-electron chi connectivity index (χ2n) is 7.03. The van der Waals surface area contributed by atoms with Gasteiger partial charge in [-0.3, -0.25) is 28.8 Å². The van der Waals surface area contributed by atoms with Crippen LogP contribution in [0.5, 0.6) is 0 Å². The van der Waals surface area contributed by atoms with Gasteiger partial charge >= 0.3 is 5.69 Å². The third-order valence-corrected chi connectivity index (χ3v) is 4.98. The molecule has 4 rings (SSSR count). The Kier molecular flexibility index (Phi) is 5.44. The summed E-state index contributed by atoms with van der Waals surface area (Å²) < 4.78 is 2.68. The van der Waals surface area contributed by atoms with Gasteiger partial charge in [0.15, 0.2) is 5.82 Å². The van der Waals surface area contributed by atoms with Gasteiger partial charge in [0.1, 0.15) is 5.69 Å². The number of benzene rings is 1. The number of aromatic nitrogens is 4. The first kappa shape index (κ1) is 20.2. The molecule has 1 saturated heterocycles. The summed E-state index contributed by atoms with van der Waals surface area (Å²) in [7, 11) is 1.62. The quantitative estimate of drug-likeness (QED) is 0.587. The molecule has 1 N–H and O–H groups in total. The Morgan fingerprint density at radius 1 is 1.03 bits per heavy atom. The fourth-order valence-corrected chi connectivity index (χ4v) is 3.36. The Morgan fingerprint density at radius 3 is 2.39 bits per heavy atom. The van der Waals surface area contributed by atoms with Crippen molar-refractivity contribution >= 4 is 23.4 Å². The minimum absolute atomic E-state index is 0.195. The van der Waals surface area contributed by atoms with E-state index < -0.39 is 0 Å². The fraction of sp³-hybridized carbons (Fsp3) is 0.238. The zero-order valence-corrected chi connectivity index (χ0v) is 16.8. The van der Waals surface area contributed by atoms with E-state index >= 15 is 0 Å². The normalized spacial score (nSPS) is 13.6.